The second kappa shape index (κ2) is 8.25. The Balaban J connectivity index is 3.19. The Labute approximate surface area is 90.1 Å². The molecule has 0 aromatic heterocycles. The van der Waals surface area contributed by atoms with Crippen molar-refractivity contribution in [2.75, 3.05) is 26.7 Å². The monoisotopic (exact) mass is 200 g/mol. The van der Waals surface area contributed by atoms with Gasteiger partial charge in [-0.2, -0.15) is 0 Å². The van der Waals surface area contributed by atoms with Crippen molar-refractivity contribution in [2.45, 2.75) is 46.6 Å². The Hall–Kier alpha value is -0.0800. The standard InChI is InChI=1S/C12H28N2/c1-11(2)10-14(5)9-7-6-8-13-12(3)4/h11-13H,6-10H2,1-5H3. The van der Waals surface area contributed by atoms with Crippen LogP contribution in [0.15, 0.2) is 0 Å². The molecule has 0 aliphatic heterocycles. The molecule has 0 rings (SSSR count). The summed E-state index contributed by atoms with van der Waals surface area (Å²) in [5.41, 5.74) is 0. The number of unbranched alkanes of at least 4 members (excludes halogenated alkanes) is 1. The topological polar surface area (TPSA) is 15.3 Å². The van der Waals surface area contributed by atoms with Gasteiger partial charge in [-0.15, -0.1) is 0 Å². The zero-order valence-corrected chi connectivity index (χ0v) is 10.6. The van der Waals surface area contributed by atoms with E-state index in [0.717, 1.165) is 12.5 Å². The van der Waals surface area contributed by atoms with Gasteiger partial charge >= 0.3 is 0 Å². The van der Waals surface area contributed by atoms with Crippen LogP contribution >= 0.6 is 0 Å². The van der Waals surface area contributed by atoms with Gasteiger partial charge < -0.3 is 10.2 Å². The molecule has 0 heterocycles. The second-order valence-corrected chi connectivity index (χ2v) is 4.97. The van der Waals surface area contributed by atoms with Crippen LogP contribution in [0.4, 0.5) is 0 Å². The first-order chi connectivity index (χ1) is 6.52. The molecule has 86 valence electrons. The minimum atomic E-state index is 0.628. The van der Waals surface area contributed by atoms with E-state index in [-0.39, 0.29) is 0 Å². The number of rotatable bonds is 8. The van der Waals surface area contributed by atoms with Crippen LogP contribution in [-0.2, 0) is 0 Å². The molecule has 0 radical (unpaired) electrons. The van der Waals surface area contributed by atoms with Crippen molar-refractivity contribution in [1.82, 2.24) is 10.2 Å². The SMILES string of the molecule is CC(C)CN(C)CCCCNC(C)C. The van der Waals surface area contributed by atoms with E-state index in [9.17, 15) is 0 Å². The smallest absolute Gasteiger partial charge is 0.00103 e. The molecule has 0 fully saturated rings. The van der Waals surface area contributed by atoms with Gasteiger partial charge in [0.2, 0.25) is 0 Å². The molecule has 0 aromatic rings. The van der Waals surface area contributed by atoms with E-state index in [1.165, 1.54) is 25.9 Å². The Bertz CT molecular complexity index is 121. The molecule has 2 heteroatoms. The van der Waals surface area contributed by atoms with Crippen LogP contribution in [0.25, 0.3) is 0 Å². The Morgan fingerprint density at radius 2 is 1.71 bits per heavy atom. The molecule has 0 aliphatic carbocycles. The summed E-state index contributed by atoms with van der Waals surface area (Å²) in [5, 5.41) is 3.44. The fourth-order valence-electron chi connectivity index (χ4n) is 1.61. The number of nitrogens with one attached hydrogen (secondary N) is 1. The predicted octanol–water partition coefficient (Wildman–Crippen LogP) is 2.35. The van der Waals surface area contributed by atoms with E-state index in [1.807, 2.05) is 0 Å². The maximum Gasteiger partial charge on any atom is 0.00103 e. The number of nitrogens with zero attached hydrogens (tertiary/aromatic N) is 1. The minimum absolute atomic E-state index is 0.628. The Morgan fingerprint density at radius 3 is 2.21 bits per heavy atom. The molecule has 0 bridgehead atoms. The quantitative estimate of drug-likeness (QED) is 0.605. The normalized spacial score (nSPS) is 12.0. The van der Waals surface area contributed by atoms with Gasteiger partial charge in [0.25, 0.3) is 0 Å². The van der Waals surface area contributed by atoms with E-state index >= 15 is 0 Å². The highest BCUT2D eigenvalue weighted by molar-refractivity contribution is 4.57. The minimum Gasteiger partial charge on any atom is -0.315 e. The van der Waals surface area contributed by atoms with Crippen molar-refractivity contribution in [3.8, 4) is 0 Å². The fraction of sp³-hybridized carbons (Fsp3) is 1.00. The van der Waals surface area contributed by atoms with Crippen molar-refractivity contribution >= 4 is 0 Å². The Kier molecular flexibility index (Phi) is 8.20. The highest BCUT2D eigenvalue weighted by atomic mass is 15.1. The molecule has 1 N–H and O–H groups in total. The summed E-state index contributed by atoms with van der Waals surface area (Å²) in [6.45, 7) is 12.6. The third kappa shape index (κ3) is 10.0. The van der Waals surface area contributed by atoms with Crippen LogP contribution in [0.5, 0.6) is 0 Å². The molecular weight excluding hydrogens is 172 g/mol. The molecule has 0 unspecified atom stereocenters. The third-order valence-electron chi connectivity index (χ3n) is 2.20. The van der Waals surface area contributed by atoms with Gasteiger partial charge in [0.1, 0.15) is 0 Å². The van der Waals surface area contributed by atoms with Gasteiger partial charge in [-0.25, -0.2) is 0 Å². The first-order valence-corrected chi connectivity index (χ1v) is 5.94. The zero-order chi connectivity index (χ0) is 11.0. The van der Waals surface area contributed by atoms with Gasteiger partial charge in [0, 0.05) is 12.6 Å². The summed E-state index contributed by atoms with van der Waals surface area (Å²) in [4.78, 5) is 2.43. The predicted molar refractivity (Wildman–Crippen MR) is 64.7 cm³/mol. The zero-order valence-electron chi connectivity index (χ0n) is 10.6. The molecule has 0 saturated heterocycles. The van der Waals surface area contributed by atoms with E-state index in [2.05, 4.69) is 45.0 Å². The molecule has 0 aromatic carbocycles. The molecule has 0 spiro atoms. The van der Waals surface area contributed by atoms with E-state index < -0.39 is 0 Å². The van der Waals surface area contributed by atoms with E-state index in [4.69, 9.17) is 0 Å². The Morgan fingerprint density at radius 1 is 1.07 bits per heavy atom. The van der Waals surface area contributed by atoms with Gasteiger partial charge in [0.05, 0.1) is 0 Å². The van der Waals surface area contributed by atoms with Crippen LogP contribution in [0.1, 0.15) is 40.5 Å². The van der Waals surface area contributed by atoms with Gasteiger partial charge in [-0.1, -0.05) is 27.7 Å². The average molecular weight is 200 g/mol. The van der Waals surface area contributed by atoms with Crippen molar-refractivity contribution in [2.24, 2.45) is 5.92 Å². The highest BCUT2D eigenvalue weighted by Gasteiger charge is 2.00. The molecule has 14 heavy (non-hydrogen) atoms. The number of hydrogen-bond donors (Lipinski definition) is 1. The highest BCUT2D eigenvalue weighted by Crippen LogP contribution is 1.98. The lowest BCUT2D eigenvalue weighted by molar-refractivity contribution is 0.289. The summed E-state index contributed by atoms with van der Waals surface area (Å²) in [7, 11) is 2.22. The van der Waals surface area contributed by atoms with Crippen LogP contribution < -0.4 is 5.32 Å². The lowest BCUT2D eigenvalue weighted by Crippen LogP contribution is -2.27. The van der Waals surface area contributed by atoms with Gasteiger partial charge in [-0.3, -0.25) is 0 Å². The van der Waals surface area contributed by atoms with Crippen LogP contribution in [-0.4, -0.2) is 37.6 Å². The van der Waals surface area contributed by atoms with Crippen molar-refractivity contribution in [3.05, 3.63) is 0 Å². The van der Waals surface area contributed by atoms with Gasteiger partial charge in [-0.05, 0) is 38.9 Å². The maximum absolute atomic E-state index is 3.44. The first kappa shape index (κ1) is 13.9. The molecule has 2 nitrogen and oxygen atoms in total. The molecule has 0 atom stereocenters. The summed E-state index contributed by atoms with van der Waals surface area (Å²) >= 11 is 0. The number of hydrogen-bond acceptors (Lipinski definition) is 2. The van der Waals surface area contributed by atoms with Crippen LogP contribution in [0, 0.1) is 5.92 Å². The van der Waals surface area contributed by atoms with Gasteiger partial charge in [0.15, 0.2) is 0 Å². The molecule has 0 aliphatic rings. The second-order valence-electron chi connectivity index (χ2n) is 4.97. The van der Waals surface area contributed by atoms with Crippen molar-refractivity contribution in [3.63, 3.8) is 0 Å². The molecule has 0 saturated carbocycles. The summed E-state index contributed by atoms with van der Waals surface area (Å²) in [6, 6.07) is 0.628. The van der Waals surface area contributed by atoms with E-state index in [1.54, 1.807) is 0 Å². The maximum atomic E-state index is 3.44. The average Bonchev–Trinajstić information content (AvgIpc) is 2.01. The molecular formula is C12H28N2. The fourth-order valence-corrected chi connectivity index (χ4v) is 1.61. The summed E-state index contributed by atoms with van der Waals surface area (Å²) < 4.78 is 0. The lowest BCUT2D eigenvalue weighted by atomic mass is 10.2. The van der Waals surface area contributed by atoms with E-state index in [0.29, 0.717) is 6.04 Å². The van der Waals surface area contributed by atoms with Crippen LogP contribution in [0.2, 0.25) is 0 Å². The summed E-state index contributed by atoms with van der Waals surface area (Å²) in [5.74, 6) is 0.786. The summed E-state index contributed by atoms with van der Waals surface area (Å²) in [6.07, 6.45) is 2.60. The lowest BCUT2D eigenvalue weighted by Gasteiger charge is -2.18. The third-order valence-corrected chi connectivity index (χ3v) is 2.20. The van der Waals surface area contributed by atoms with Crippen molar-refractivity contribution < 1.29 is 0 Å². The largest absolute Gasteiger partial charge is 0.315 e. The van der Waals surface area contributed by atoms with Crippen molar-refractivity contribution in [1.29, 1.82) is 0 Å². The molecule has 0 amide bonds. The van der Waals surface area contributed by atoms with Crippen LogP contribution in [0.3, 0.4) is 0 Å². The first-order valence-electron chi connectivity index (χ1n) is 5.94.